The molecule has 4 aromatic rings. The number of hydrogen-bond acceptors (Lipinski definition) is 4. The van der Waals surface area contributed by atoms with Crippen molar-refractivity contribution in [1.82, 2.24) is 15.0 Å². The van der Waals surface area contributed by atoms with Gasteiger partial charge in [0.15, 0.2) is 0 Å². The van der Waals surface area contributed by atoms with Crippen LogP contribution in [0.3, 0.4) is 0 Å². The number of halogens is 1. The van der Waals surface area contributed by atoms with Crippen LogP contribution in [0.15, 0.2) is 60.9 Å². The van der Waals surface area contributed by atoms with Crippen LogP contribution in [0.2, 0.25) is 0 Å². The van der Waals surface area contributed by atoms with Gasteiger partial charge in [-0.2, -0.15) is 0 Å². The van der Waals surface area contributed by atoms with Gasteiger partial charge in [-0.3, -0.25) is 0 Å². The van der Waals surface area contributed by atoms with Gasteiger partial charge in [0.25, 0.3) is 0 Å². The Morgan fingerprint density at radius 2 is 1.83 bits per heavy atom. The Bertz CT molecular complexity index is 1010. The van der Waals surface area contributed by atoms with Gasteiger partial charge in [-0.1, -0.05) is 6.07 Å². The quantitative estimate of drug-likeness (QED) is 0.528. The molecule has 0 aliphatic carbocycles. The van der Waals surface area contributed by atoms with Crippen molar-refractivity contribution in [3.8, 4) is 17.0 Å². The Morgan fingerprint density at radius 3 is 2.62 bits per heavy atom. The summed E-state index contributed by atoms with van der Waals surface area (Å²) in [6.45, 7) is 0. The number of phenols is 1. The van der Waals surface area contributed by atoms with Crippen LogP contribution < -0.4 is 5.32 Å². The Kier molecular flexibility index (Phi) is 3.35. The van der Waals surface area contributed by atoms with Gasteiger partial charge in [0.05, 0.1) is 5.39 Å². The van der Waals surface area contributed by atoms with Crippen LogP contribution in [-0.2, 0) is 0 Å². The lowest BCUT2D eigenvalue weighted by Gasteiger charge is -2.05. The van der Waals surface area contributed by atoms with Crippen LogP contribution in [0.5, 0.6) is 5.75 Å². The van der Waals surface area contributed by atoms with E-state index in [1.165, 1.54) is 18.5 Å². The molecule has 0 aliphatic rings. The van der Waals surface area contributed by atoms with E-state index in [4.69, 9.17) is 0 Å². The lowest BCUT2D eigenvalue weighted by Crippen LogP contribution is -1.95. The maximum atomic E-state index is 13.3. The zero-order valence-electron chi connectivity index (χ0n) is 12.5. The molecule has 0 fully saturated rings. The van der Waals surface area contributed by atoms with E-state index in [1.807, 2.05) is 18.2 Å². The van der Waals surface area contributed by atoms with E-state index in [9.17, 15) is 9.50 Å². The molecular formula is C18H13FN4O. The van der Waals surface area contributed by atoms with E-state index in [0.717, 1.165) is 16.6 Å². The third kappa shape index (κ3) is 2.65. The summed E-state index contributed by atoms with van der Waals surface area (Å²) in [6, 6.07) is 15.0. The van der Waals surface area contributed by atoms with E-state index >= 15 is 0 Å². The summed E-state index contributed by atoms with van der Waals surface area (Å²) in [5.74, 6) is 0.485. The predicted molar refractivity (Wildman–Crippen MR) is 90.7 cm³/mol. The molecule has 4 rings (SSSR count). The molecule has 118 valence electrons. The highest BCUT2D eigenvalue weighted by Crippen LogP contribution is 2.29. The number of aromatic amines is 1. The largest absolute Gasteiger partial charge is 0.508 e. The summed E-state index contributed by atoms with van der Waals surface area (Å²) in [5.41, 5.74) is 3.06. The second kappa shape index (κ2) is 5.66. The fourth-order valence-electron chi connectivity index (χ4n) is 2.54. The first-order chi connectivity index (χ1) is 11.7. The second-order valence-corrected chi connectivity index (χ2v) is 5.35. The van der Waals surface area contributed by atoms with E-state index in [-0.39, 0.29) is 11.6 Å². The second-order valence-electron chi connectivity index (χ2n) is 5.35. The number of nitrogens with one attached hydrogen (secondary N) is 2. The van der Waals surface area contributed by atoms with Gasteiger partial charge in [-0.15, -0.1) is 0 Å². The summed E-state index contributed by atoms with van der Waals surface area (Å²) in [5, 5.41) is 13.3. The van der Waals surface area contributed by atoms with Crippen LogP contribution >= 0.6 is 0 Å². The van der Waals surface area contributed by atoms with Gasteiger partial charge in [-0.25, -0.2) is 14.4 Å². The van der Waals surface area contributed by atoms with Crippen LogP contribution in [0.4, 0.5) is 15.9 Å². The minimum absolute atomic E-state index is 0.211. The van der Waals surface area contributed by atoms with Gasteiger partial charge in [0.1, 0.15) is 29.4 Å². The number of phenolic OH excluding ortho intramolecular Hbond substituents is 1. The van der Waals surface area contributed by atoms with E-state index in [2.05, 4.69) is 20.3 Å². The van der Waals surface area contributed by atoms with Crippen molar-refractivity contribution in [2.75, 3.05) is 5.32 Å². The highest BCUT2D eigenvalue weighted by molar-refractivity contribution is 5.92. The monoisotopic (exact) mass is 320 g/mol. The molecule has 0 saturated heterocycles. The average Bonchev–Trinajstić information content (AvgIpc) is 3.01. The minimum atomic E-state index is -0.316. The Morgan fingerprint density at radius 1 is 1.00 bits per heavy atom. The van der Waals surface area contributed by atoms with Gasteiger partial charge in [-0.05, 0) is 54.1 Å². The SMILES string of the molecule is Oc1ccc(-c2cc3c(Nc4cccc(F)c4)ncnc3[nH]2)cc1. The van der Waals surface area contributed by atoms with Crippen molar-refractivity contribution in [3.05, 3.63) is 66.7 Å². The molecule has 0 unspecified atom stereocenters. The molecular weight excluding hydrogens is 307 g/mol. The van der Waals surface area contributed by atoms with Crippen LogP contribution in [0, 0.1) is 5.82 Å². The molecule has 0 amide bonds. The molecule has 24 heavy (non-hydrogen) atoms. The van der Waals surface area contributed by atoms with Crippen LogP contribution in [0.1, 0.15) is 0 Å². The molecule has 0 radical (unpaired) electrons. The molecule has 0 saturated carbocycles. The van der Waals surface area contributed by atoms with E-state index in [0.29, 0.717) is 17.2 Å². The van der Waals surface area contributed by atoms with Crippen molar-refractivity contribution in [3.63, 3.8) is 0 Å². The Balaban J connectivity index is 1.76. The maximum absolute atomic E-state index is 13.3. The number of aromatic hydroxyl groups is 1. The normalized spacial score (nSPS) is 10.9. The lowest BCUT2D eigenvalue weighted by molar-refractivity contribution is 0.475. The van der Waals surface area contributed by atoms with Crippen molar-refractivity contribution in [2.45, 2.75) is 0 Å². The number of benzene rings is 2. The van der Waals surface area contributed by atoms with Crippen LogP contribution in [0.25, 0.3) is 22.3 Å². The fraction of sp³-hybridized carbons (Fsp3) is 0. The number of H-pyrrole nitrogens is 1. The van der Waals surface area contributed by atoms with Crippen molar-refractivity contribution in [1.29, 1.82) is 0 Å². The molecule has 2 heterocycles. The van der Waals surface area contributed by atoms with E-state index in [1.54, 1.807) is 24.3 Å². The first-order valence-electron chi connectivity index (χ1n) is 7.35. The predicted octanol–water partition coefficient (Wildman–Crippen LogP) is 4.21. The van der Waals surface area contributed by atoms with Gasteiger partial charge in [0, 0.05) is 11.4 Å². The Labute approximate surface area is 136 Å². The molecule has 0 atom stereocenters. The standard InChI is InChI=1S/C18H13FN4O/c19-12-2-1-3-13(8-12)22-17-15-9-16(23-18(15)21-10-20-17)11-4-6-14(24)7-5-11/h1-10,24H,(H2,20,21,22,23). The first kappa shape index (κ1) is 14.2. The number of hydrogen-bond donors (Lipinski definition) is 3. The van der Waals surface area contributed by atoms with Gasteiger partial charge >= 0.3 is 0 Å². The molecule has 2 aromatic heterocycles. The zero-order chi connectivity index (χ0) is 16.5. The third-order valence-corrected chi connectivity index (χ3v) is 3.69. The maximum Gasteiger partial charge on any atom is 0.143 e. The van der Waals surface area contributed by atoms with Gasteiger partial charge in [0.2, 0.25) is 0 Å². The molecule has 5 nitrogen and oxygen atoms in total. The molecule has 0 bridgehead atoms. The molecule has 0 aliphatic heterocycles. The minimum Gasteiger partial charge on any atom is -0.508 e. The van der Waals surface area contributed by atoms with E-state index < -0.39 is 0 Å². The number of nitrogens with zero attached hydrogens (tertiary/aromatic N) is 2. The summed E-state index contributed by atoms with van der Waals surface area (Å²) < 4.78 is 13.3. The van der Waals surface area contributed by atoms with Crippen molar-refractivity contribution >= 4 is 22.5 Å². The van der Waals surface area contributed by atoms with Crippen molar-refractivity contribution < 1.29 is 9.50 Å². The smallest absolute Gasteiger partial charge is 0.143 e. The highest BCUT2D eigenvalue weighted by Gasteiger charge is 2.10. The number of anilines is 2. The topological polar surface area (TPSA) is 73.8 Å². The summed E-state index contributed by atoms with van der Waals surface area (Å²) >= 11 is 0. The average molecular weight is 320 g/mol. The lowest BCUT2D eigenvalue weighted by atomic mass is 10.1. The molecule has 6 heteroatoms. The summed E-state index contributed by atoms with van der Waals surface area (Å²) in [6.07, 6.45) is 1.45. The number of fused-ring (bicyclic) bond motifs is 1. The summed E-state index contributed by atoms with van der Waals surface area (Å²) in [4.78, 5) is 11.7. The summed E-state index contributed by atoms with van der Waals surface area (Å²) in [7, 11) is 0. The molecule has 3 N–H and O–H groups in total. The van der Waals surface area contributed by atoms with Gasteiger partial charge < -0.3 is 15.4 Å². The Hall–Kier alpha value is -3.41. The molecule has 2 aromatic carbocycles. The zero-order valence-corrected chi connectivity index (χ0v) is 12.5. The third-order valence-electron chi connectivity index (χ3n) is 3.69. The van der Waals surface area contributed by atoms with Crippen molar-refractivity contribution in [2.24, 2.45) is 0 Å². The van der Waals surface area contributed by atoms with Crippen LogP contribution in [-0.4, -0.2) is 20.1 Å². The highest BCUT2D eigenvalue weighted by atomic mass is 19.1. The molecule has 0 spiro atoms. The number of aromatic nitrogens is 3. The first-order valence-corrected chi connectivity index (χ1v) is 7.35. The number of rotatable bonds is 3. The fourth-order valence-corrected chi connectivity index (χ4v) is 2.54.